The van der Waals surface area contributed by atoms with Gasteiger partial charge in [0.1, 0.15) is 5.60 Å². The molecule has 1 aromatic heterocycles. The topological polar surface area (TPSA) is 90.7 Å². The number of hydrogen-bond acceptors (Lipinski definition) is 7. The van der Waals surface area contributed by atoms with Gasteiger partial charge in [-0.2, -0.15) is 17.9 Å². The van der Waals surface area contributed by atoms with Crippen molar-refractivity contribution in [2.75, 3.05) is 25.1 Å². The highest BCUT2D eigenvalue weighted by Gasteiger charge is 2.38. The molecule has 12 heteroatoms. The van der Waals surface area contributed by atoms with Gasteiger partial charge in [0.2, 0.25) is 0 Å². The fourth-order valence-electron chi connectivity index (χ4n) is 4.53. The van der Waals surface area contributed by atoms with Gasteiger partial charge in [0.15, 0.2) is 5.82 Å². The Morgan fingerprint density at radius 3 is 2.31 bits per heavy atom. The molecule has 0 radical (unpaired) electrons. The van der Waals surface area contributed by atoms with Crippen LogP contribution in [0.4, 0.5) is 19.0 Å². The van der Waals surface area contributed by atoms with Crippen LogP contribution in [0, 0.1) is 5.92 Å². The zero-order chi connectivity index (χ0) is 28.7. The Bertz CT molecular complexity index is 1440. The summed E-state index contributed by atoms with van der Waals surface area (Å²) in [5.41, 5.74) is -2.37. The number of alkyl halides is 3. The number of carbonyl (C=O) groups excluding carboxylic acids is 3. The highest BCUT2D eigenvalue weighted by Crippen LogP contribution is 2.37. The van der Waals surface area contributed by atoms with E-state index in [-0.39, 0.29) is 28.0 Å². The third-order valence-electron chi connectivity index (χ3n) is 6.34. The molecule has 0 spiro atoms. The number of hydrogen-bond donors (Lipinski definition) is 0. The van der Waals surface area contributed by atoms with Crippen molar-refractivity contribution in [1.29, 1.82) is 0 Å². The van der Waals surface area contributed by atoms with E-state index in [0.29, 0.717) is 37.1 Å². The summed E-state index contributed by atoms with van der Waals surface area (Å²) < 4.78 is 52.5. The summed E-state index contributed by atoms with van der Waals surface area (Å²) in [6.07, 6.45) is -3.93. The van der Waals surface area contributed by atoms with Gasteiger partial charge in [-0.3, -0.25) is 9.59 Å². The van der Waals surface area contributed by atoms with Crippen LogP contribution in [0.25, 0.3) is 10.9 Å². The van der Waals surface area contributed by atoms with Crippen molar-refractivity contribution in [2.24, 2.45) is 5.92 Å². The molecule has 2 heterocycles. The van der Waals surface area contributed by atoms with E-state index in [1.54, 1.807) is 26.8 Å². The molecule has 1 fully saturated rings. The minimum absolute atomic E-state index is 0.0873. The number of carbonyl (C=O) groups is 3. The summed E-state index contributed by atoms with van der Waals surface area (Å²) in [7, 11) is 1.19. The average Bonchev–Trinajstić information content (AvgIpc) is 3.25. The van der Waals surface area contributed by atoms with Crippen LogP contribution in [0.3, 0.4) is 0 Å². The molecule has 0 unspecified atom stereocenters. The van der Waals surface area contributed by atoms with Gasteiger partial charge >= 0.3 is 18.1 Å². The number of aromatic nitrogens is 2. The van der Waals surface area contributed by atoms with Crippen LogP contribution in [-0.4, -0.2) is 53.4 Å². The van der Waals surface area contributed by atoms with E-state index >= 15 is 0 Å². The second kappa shape index (κ2) is 10.5. The number of halogens is 4. The van der Waals surface area contributed by atoms with Crippen LogP contribution in [0.15, 0.2) is 36.4 Å². The number of esters is 2. The van der Waals surface area contributed by atoms with Crippen molar-refractivity contribution in [3.63, 3.8) is 0 Å². The average molecular weight is 566 g/mol. The maximum atomic E-state index is 13.8. The zero-order valence-electron chi connectivity index (χ0n) is 21.8. The van der Waals surface area contributed by atoms with Crippen molar-refractivity contribution in [3.8, 4) is 0 Å². The van der Waals surface area contributed by atoms with E-state index < -0.39 is 34.8 Å². The molecule has 0 atom stereocenters. The quantitative estimate of drug-likeness (QED) is 0.372. The molecule has 0 aliphatic carbocycles. The molecule has 1 aliphatic rings. The summed E-state index contributed by atoms with van der Waals surface area (Å²) in [4.78, 5) is 40.2. The van der Waals surface area contributed by atoms with Crippen LogP contribution in [0.5, 0.6) is 0 Å². The van der Waals surface area contributed by atoms with Gasteiger partial charge in [0, 0.05) is 18.5 Å². The van der Waals surface area contributed by atoms with Gasteiger partial charge in [-0.15, -0.1) is 5.10 Å². The van der Waals surface area contributed by atoms with Crippen LogP contribution in [0.1, 0.15) is 59.9 Å². The maximum absolute atomic E-state index is 13.8. The first-order valence-corrected chi connectivity index (χ1v) is 12.6. The third kappa shape index (κ3) is 5.88. The van der Waals surface area contributed by atoms with Gasteiger partial charge < -0.3 is 14.4 Å². The predicted octanol–water partition coefficient (Wildman–Crippen LogP) is 5.74. The second-order valence-corrected chi connectivity index (χ2v) is 10.6. The van der Waals surface area contributed by atoms with Crippen LogP contribution in [-0.2, 0) is 20.4 Å². The number of fused-ring (bicyclic) bond motifs is 1. The number of piperidine rings is 1. The van der Waals surface area contributed by atoms with Crippen molar-refractivity contribution >= 4 is 46.2 Å². The molecule has 1 saturated heterocycles. The van der Waals surface area contributed by atoms with E-state index in [9.17, 15) is 27.6 Å². The number of benzene rings is 2. The Hall–Kier alpha value is -3.60. The molecule has 0 N–H and O–H groups in total. The Kier molecular flexibility index (Phi) is 7.66. The molecule has 0 saturated carbocycles. The number of ether oxygens (including phenoxy) is 2. The predicted molar refractivity (Wildman–Crippen MR) is 138 cm³/mol. The molecule has 0 amide bonds. The smallest absolute Gasteiger partial charge is 0.417 e. The molecule has 1 aliphatic heterocycles. The molecule has 0 bridgehead atoms. The van der Waals surface area contributed by atoms with E-state index in [2.05, 4.69) is 5.10 Å². The number of methoxy groups -OCH3 is 1. The van der Waals surface area contributed by atoms with Crippen LogP contribution < -0.4 is 4.90 Å². The van der Waals surface area contributed by atoms with E-state index in [1.807, 2.05) is 4.90 Å². The van der Waals surface area contributed by atoms with Crippen molar-refractivity contribution in [1.82, 2.24) is 9.78 Å². The molecule has 208 valence electrons. The Balaban J connectivity index is 1.76. The first kappa shape index (κ1) is 28.4. The third-order valence-corrected chi connectivity index (χ3v) is 6.66. The Labute approximate surface area is 227 Å². The Morgan fingerprint density at radius 1 is 1.05 bits per heavy atom. The van der Waals surface area contributed by atoms with Gasteiger partial charge in [-0.05, 0) is 63.9 Å². The SMILES string of the molecule is COC(=O)c1ccc2c(N3CCC(C(=O)OC(C)(C)C)CC3)nn(C(=O)c3c(Cl)cccc3C(F)(F)F)c2c1. The van der Waals surface area contributed by atoms with E-state index in [1.165, 1.54) is 25.3 Å². The molecular weight excluding hydrogens is 539 g/mol. The van der Waals surface area contributed by atoms with Crippen molar-refractivity contribution < 1.29 is 37.0 Å². The number of anilines is 1. The Morgan fingerprint density at radius 2 is 1.72 bits per heavy atom. The largest absolute Gasteiger partial charge is 0.465 e. The highest BCUT2D eigenvalue weighted by molar-refractivity contribution is 6.34. The monoisotopic (exact) mass is 565 g/mol. The second-order valence-electron chi connectivity index (χ2n) is 10.2. The van der Waals surface area contributed by atoms with Crippen LogP contribution in [0.2, 0.25) is 5.02 Å². The minimum atomic E-state index is -4.84. The summed E-state index contributed by atoms with van der Waals surface area (Å²) in [5, 5.41) is 4.46. The summed E-state index contributed by atoms with van der Waals surface area (Å²) in [6.45, 7) is 6.16. The highest BCUT2D eigenvalue weighted by atomic mass is 35.5. The number of rotatable bonds is 4. The van der Waals surface area contributed by atoms with Gasteiger partial charge in [-0.25, -0.2) is 4.79 Å². The normalized spacial score (nSPS) is 14.9. The van der Waals surface area contributed by atoms with Crippen molar-refractivity contribution in [2.45, 2.75) is 45.4 Å². The first-order chi connectivity index (χ1) is 18.2. The fourth-order valence-corrected chi connectivity index (χ4v) is 4.78. The molecule has 2 aromatic carbocycles. The van der Waals surface area contributed by atoms with E-state index in [0.717, 1.165) is 16.8 Å². The number of nitrogens with zero attached hydrogens (tertiary/aromatic N) is 3. The lowest BCUT2D eigenvalue weighted by Gasteiger charge is -2.32. The lowest BCUT2D eigenvalue weighted by Crippen LogP contribution is -2.39. The molecule has 3 aromatic rings. The van der Waals surface area contributed by atoms with Gasteiger partial charge in [0.25, 0.3) is 5.91 Å². The summed E-state index contributed by atoms with van der Waals surface area (Å²) in [6, 6.07) is 7.46. The molecule has 4 rings (SSSR count). The minimum Gasteiger partial charge on any atom is -0.465 e. The lowest BCUT2D eigenvalue weighted by atomic mass is 9.96. The zero-order valence-corrected chi connectivity index (χ0v) is 22.5. The molecular formula is C27H27ClF3N3O5. The van der Waals surface area contributed by atoms with Crippen LogP contribution >= 0.6 is 11.6 Å². The molecule has 8 nitrogen and oxygen atoms in total. The van der Waals surface area contributed by atoms with Gasteiger partial charge in [-0.1, -0.05) is 17.7 Å². The van der Waals surface area contributed by atoms with Crippen molar-refractivity contribution in [3.05, 3.63) is 58.1 Å². The summed E-state index contributed by atoms with van der Waals surface area (Å²) in [5.74, 6) is -2.08. The first-order valence-electron chi connectivity index (χ1n) is 12.2. The fraction of sp³-hybridized carbons (Fsp3) is 0.407. The van der Waals surface area contributed by atoms with E-state index in [4.69, 9.17) is 21.1 Å². The van der Waals surface area contributed by atoms with Gasteiger partial charge in [0.05, 0.1) is 40.3 Å². The molecule has 39 heavy (non-hydrogen) atoms. The standard InChI is InChI=1S/C27H27ClF3N3O5/c1-26(2,3)39-25(37)15-10-12-33(13-11-15)22-17-9-8-16(24(36)38-4)14-20(17)34(32-22)23(35)21-18(27(29,30)31)6-5-7-19(21)28/h5-9,14-15H,10-13H2,1-4H3. The maximum Gasteiger partial charge on any atom is 0.417 e. The summed E-state index contributed by atoms with van der Waals surface area (Å²) >= 11 is 6.09. The lowest BCUT2D eigenvalue weighted by molar-refractivity contribution is -0.160.